The predicted molar refractivity (Wildman–Crippen MR) is 75.4 cm³/mol. The molecule has 0 aromatic carbocycles. The zero-order valence-electron chi connectivity index (χ0n) is 11.3. The van der Waals surface area contributed by atoms with Gasteiger partial charge in [0.25, 0.3) is 0 Å². The summed E-state index contributed by atoms with van der Waals surface area (Å²) in [5.41, 5.74) is 0. The van der Waals surface area contributed by atoms with Crippen LogP contribution in [0.1, 0.15) is 36.7 Å². The number of piperidine rings is 1. The minimum atomic E-state index is -0.299. The fourth-order valence-electron chi connectivity index (χ4n) is 2.61. The van der Waals surface area contributed by atoms with Crippen LogP contribution in [-0.4, -0.2) is 43.6 Å². The Morgan fingerprint density at radius 1 is 1.55 bits per heavy atom. The summed E-state index contributed by atoms with van der Waals surface area (Å²) in [5, 5.41) is 7.18. The molecule has 1 amide bonds. The second-order valence-corrected chi connectivity index (χ2v) is 5.97. The van der Waals surface area contributed by atoms with Gasteiger partial charge in [-0.2, -0.15) is 5.10 Å². The van der Waals surface area contributed by atoms with Crippen molar-refractivity contribution in [1.82, 2.24) is 24.6 Å². The highest BCUT2D eigenvalue weighted by Crippen LogP contribution is 2.29. The molecular formula is C13H17N5OS. The Hall–Kier alpha value is -1.76. The normalized spacial score (nSPS) is 20.9. The summed E-state index contributed by atoms with van der Waals surface area (Å²) in [5.74, 6) is 0.479. The fourth-order valence-corrected chi connectivity index (χ4v) is 3.38. The summed E-state index contributed by atoms with van der Waals surface area (Å²) >= 11 is 1.67. The van der Waals surface area contributed by atoms with Crippen molar-refractivity contribution in [2.75, 3.05) is 13.1 Å². The van der Waals surface area contributed by atoms with E-state index in [1.807, 2.05) is 23.4 Å². The lowest BCUT2D eigenvalue weighted by atomic mass is 9.98. The SMILES string of the molecule is C[C@H](C(=O)N1CCC[C@H](c2nccs2)C1)n1cncn1. The first kappa shape index (κ1) is 13.2. The molecule has 0 saturated carbocycles. The average molecular weight is 291 g/mol. The predicted octanol–water partition coefficient (Wildman–Crippen LogP) is 1.70. The van der Waals surface area contributed by atoms with Crippen LogP contribution >= 0.6 is 11.3 Å². The smallest absolute Gasteiger partial charge is 0.247 e. The molecule has 20 heavy (non-hydrogen) atoms. The molecule has 1 saturated heterocycles. The van der Waals surface area contributed by atoms with Crippen LogP contribution in [0.4, 0.5) is 0 Å². The Bertz CT molecular complexity index is 553. The first-order chi connectivity index (χ1) is 9.75. The molecule has 2 atom stereocenters. The molecule has 1 fully saturated rings. The summed E-state index contributed by atoms with van der Waals surface area (Å²) < 4.78 is 1.61. The van der Waals surface area contributed by atoms with Gasteiger partial charge in [-0.1, -0.05) is 0 Å². The van der Waals surface area contributed by atoms with Crippen LogP contribution in [0.3, 0.4) is 0 Å². The Morgan fingerprint density at radius 3 is 3.15 bits per heavy atom. The topological polar surface area (TPSA) is 63.9 Å². The van der Waals surface area contributed by atoms with E-state index in [4.69, 9.17) is 0 Å². The quantitative estimate of drug-likeness (QED) is 0.863. The number of rotatable bonds is 3. The Kier molecular flexibility index (Phi) is 3.77. The van der Waals surface area contributed by atoms with E-state index in [0.29, 0.717) is 5.92 Å². The molecule has 0 N–H and O–H groups in total. The van der Waals surface area contributed by atoms with Crippen LogP contribution in [-0.2, 0) is 4.79 Å². The van der Waals surface area contributed by atoms with Gasteiger partial charge in [0.2, 0.25) is 5.91 Å². The average Bonchev–Trinajstić information content (AvgIpc) is 3.18. The van der Waals surface area contributed by atoms with Crippen LogP contribution < -0.4 is 0 Å². The van der Waals surface area contributed by atoms with Gasteiger partial charge in [0.1, 0.15) is 18.7 Å². The van der Waals surface area contributed by atoms with Crippen molar-refractivity contribution in [3.63, 3.8) is 0 Å². The van der Waals surface area contributed by atoms with Crippen molar-refractivity contribution in [2.24, 2.45) is 0 Å². The van der Waals surface area contributed by atoms with Gasteiger partial charge in [0.15, 0.2) is 0 Å². The summed E-state index contributed by atoms with van der Waals surface area (Å²) in [4.78, 5) is 22.7. The van der Waals surface area contributed by atoms with Gasteiger partial charge < -0.3 is 4.90 Å². The number of aromatic nitrogens is 4. The van der Waals surface area contributed by atoms with Gasteiger partial charge in [-0.15, -0.1) is 11.3 Å². The monoisotopic (exact) mass is 291 g/mol. The van der Waals surface area contributed by atoms with Gasteiger partial charge in [0.05, 0.1) is 5.01 Å². The molecule has 3 rings (SSSR count). The van der Waals surface area contributed by atoms with Gasteiger partial charge in [-0.3, -0.25) is 4.79 Å². The van der Waals surface area contributed by atoms with Crippen molar-refractivity contribution < 1.29 is 4.79 Å². The van der Waals surface area contributed by atoms with Gasteiger partial charge in [-0.25, -0.2) is 14.6 Å². The molecule has 7 heteroatoms. The van der Waals surface area contributed by atoms with E-state index in [1.54, 1.807) is 22.3 Å². The summed E-state index contributed by atoms with van der Waals surface area (Å²) in [6.07, 6.45) is 7.01. The van der Waals surface area contributed by atoms with Crippen molar-refractivity contribution in [1.29, 1.82) is 0 Å². The van der Waals surface area contributed by atoms with Crippen LogP contribution in [0.25, 0.3) is 0 Å². The maximum absolute atomic E-state index is 12.5. The van der Waals surface area contributed by atoms with Crippen LogP contribution in [0, 0.1) is 0 Å². The molecule has 2 aromatic rings. The second-order valence-electron chi connectivity index (χ2n) is 5.05. The molecule has 0 unspecified atom stereocenters. The van der Waals surface area contributed by atoms with Gasteiger partial charge >= 0.3 is 0 Å². The first-order valence-electron chi connectivity index (χ1n) is 6.78. The van der Waals surface area contributed by atoms with E-state index in [1.165, 1.54) is 6.33 Å². The molecule has 1 aliphatic rings. The minimum absolute atomic E-state index is 0.108. The third-order valence-electron chi connectivity index (χ3n) is 3.72. The van der Waals surface area contributed by atoms with Crippen molar-refractivity contribution in [3.8, 4) is 0 Å². The Morgan fingerprint density at radius 2 is 2.45 bits per heavy atom. The number of nitrogens with zero attached hydrogens (tertiary/aromatic N) is 5. The fraction of sp³-hybridized carbons (Fsp3) is 0.538. The van der Waals surface area contributed by atoms with Crippen LogP contribution in [0.2, 0.25) is 0 Å². The molecule has 1 aliphatic heterocycles. The lowest BCUT2D eigenvalue weighted by Crippen LogP contribution is -2.42. The minimum Gasteiger partial charge on any atom is -0.340 e. The molecule has 2 aromatic heterocycles. The number of carbonyl (C=O) groups is 1. The lowest BCUT2D eigenvalue weighted by molar-refractivity contribution is -0.135. The molecule has 0 aliphatic carbocycles. The zero-order valence-corrected chi connectivity index (χ0v) is 12.2. The third-order valence-corrected chi connectivity index (χ3v) is 4.66. The van der Waals surface area contributed by atoms with Gasteiger partial charge in [0, 0.05) is 30.6 Å². The Balaban J connectivity index is 1.69. The van der Waals surface area contributed by atoms with E-state index < -0.39 is 0 Å². The molecule has 0 spiro atoms. The lowest BCUT2D eigenvalue weighted by Gasteiger charge is -2.33. The molecule has 6 nitrogen and oxygen atoms in total. The number of thiazole rings is 1. The molecule has 0 bridgehead atoms. The molecule has 3 heterocycles. The van der Waals surface area contributed by atoms with Crippen molar-refractivity contribution in [3.05, 3.63) is 29.2 Å². The van der Waals surface area contributed by atoms with E-state index in [2.05, 4.69) is 15.1 Å². The number of hydrogen-bond donors (Lipinski definition) is 0. The number of hydrogen-bond acceptors (Lipinski definition) is 5. The standard InChI is InChI=1S/C13H17N5OS/c1-10(18-9-14-8-16-18)13(19)17-5-2-3-11(7-17)12-15-4-6-20-12/h4,6,8-11H,2-3,5,7H2,1H3/t10-,11+/m1/s1. The maximum atomic E-state index is 12.5. The zero-order chi connectivity index (χ0) is 13.9. The summed E-state index contributed by atoms with van der Waals surface area (Å²) in [7, 11) is 0. The molecule has 0 radical (unpaired) electrons. The third kappa shape index (κ3) is 2.58. The highest BCUT2D eigenvalue weighted by Gasteiger charge is 2.29. The second kappa shape index (κ2) is 5.70. The first-order valence-corrected chi connectivity index (χ1v) is 7.66. The van der Waals surface area contributed by atoms with E-state index >= 15 is 0 Å². The number of likely N-dealkylation sites (tertiary alicyclic amines) is 1. The summed E-state index contributed by atoms with van der Waals surface area (Å²) in [6.45, 7) is 3.44. The highest BCUT2D eigenvalue weighted by atomic mass is 32.1. The van der Waals surface area contributed by atoms with E-state index in [0.717, 1.165) is 30.9 Å². The van der Waals surface area contributed by atoms with Crippen LogP contribution in [0.5, 0.6) is 0 Å². The molecule has 106 valence electrons. The van der Waals surface area contributed by atoms with Crippen LogP contribution in [0.15, 0.2) is 24.2 Å². The molecular weight excluding hydrogens is 274 g/mol. The highest BCUT2D eigenvalue weighted by molar-refractivity contribution is 7.09. The van der Waals surface area contributed by atoms with E-state index in [-0.39, 0.29) is 11.9 Å². The van der Waals surface area contributed by atoms with Crippen molar-refractivity contribution in [2.45, 2.75) is 31.7 Å². The summed E-state index contributed by atoms with van der Waals surface area (Å²) in [6, 6.07) is -0.299. The van der Waals surface area contributed by atoms with Gasteiger partial charge in [-0.05, 0) is 19.8 Å². The van der Waals surface area contributed by atoms with E-state index in [9.17, 15) is 4.79 Å². The number of carbonyl (C=O) groups excluding carboxylic acids is 1. The maximum Gasteiger partial charge on any atom is 0.247 e. The van der Waals surface area contributed by atoms with Crippen molar-refractivity contribution >= 4 is 17.2 Å². The number of amides is 1. The Labute approximate surface area is 121 Å². The largest absolute Gasteiger partial charge is 0.340 e.